The molecule has 0 radical (unpaired) electrons. The molecular formula is C4H6N2O2. The number of terminal acetylenes is 1. The maximum absolute atomic E-state index is 9.73. The number of hydrogen-bond acceptors (Lipinski definition) is 2. The van der Waals surface area contributed by atoms with Crippen LogP contribution in [0.4, 0.5) is 0 Å². The summed E-state index contributed by atoms with van der Waals surface area (Å²) in [6.45, 7) is 0.0486. The molecule has 0 atom stereocenters. The van der Waals surface area contributed by atoms with Crippen LogP contribution in [0.1, 0.15) is 0 Å². The Balaban J connectivity index is 3.52. The second kappa shape index (κ2) is 2.86. The Morgan fingerprint density at radius 1 is 2.00 bits per heavy atom. The Morgan fingerprint density at radius 3 is 2.62 bits per heavy atom. The van der Waals surface area contributed by atoms with Crippen LogP contribution >= 0.6 is 0 Å². The fraction of sp³-hybridized carbons (Fsp3) is 0.500. The lowest BCUT2D eigenvalue weighted by molar-refractivity contribution is -0.646. The van der Waals surface area contributed by atoms with Crippen LogP contribution in [0.25, 0.3) is 0 Å². The van der Waals surface area contributed by atoms with E-state index in [1.54, 1.807) is 0 Å². The van der Waals surface area contributed by atoms with Crippen molar-refractivity contribution >= 4 is 0 Å². The average Bonchev–Trinajstić information content (AvgIpc) is 1.67. The van der Waals surface area contributed by atoms with Crippen LogP contribution in [0.5, 0.6) is 0 Å². The van der Waals surface area contributed by atoms with E-state index in [-0.39, 0.29) is 6.54 Å². The van der Waals surface area contributed by atoms with Gasteiger partial charge in [0.1, 0.15) is 6.54 Å². The molecule has 0 spiro atoms. The highest BCUT2D eigenvalue weighted by atomic mass is 16.7. The Hall–Kier alpha value is -1.24. The molecule has 0 aliphatic rings. The van der Waals surface area contributed by atoms with Gasteiger partial charge in [0, 0.05) is 0 Å². The minimum Gasteiger partial charge on any atom is -0.235 e. The lowest BCUT2D eigenvalue weighted by atomic mass is 10.7. The summed E-state index contributed by atoms with van der Waals surface area (Å²) in [4.78, 5) is 9.73. The molecule has 4 nitrogen and oxygen atoms in total. The van der Waals surface area contributed by atoms with Crippen molar-refractivity contribution in [3.05, 3.63) is 10.1 Å². The number of rotatable bonds is 2. The quantitative estimate of drug-likeness (QED) is 0.282. The number of nitrogens with zero attached hydrogens (tertiary/aromatic N) is 2. The van der Waals surface area contributed by atoms with Gasteiger partial charge in [-0.3, -0.25) is 0 Å². The van der Waals surface area contributed by atoms with Crippen LogP contribution in [0, 0.1) is 22.5 Å². The van der Waals surface area contributed by atoms with Gasteiger partial charge in [0.05, 0.1) is 7.05 Å². The van der Waals surface area contributed by atoms with Crippen molar-refractivity contribution in [1.82, 2.24) is 5.01 Å². The molecule has 44 valence electrons. The van der Waals surface area contributed by atoms with Gasteiger partial charge in [0.15, 0.2) is 5.03 Å². The maximum Gasteiger partial charge on any atom is 0.160 e. The highest BCUT2D eigenvalue weighted by Gasteiger charge is 2.00. The van der Waals surface area contributed by atoms with E-state index in [0.29, 0.717) is 0 Å². The van der Waals surface area contributed by atoms with E-state index in [1.807, 2.05) is 0 Å². The standard InChI is InChI=1S/C4H6N2O2/c1-3-4-5(2)6(7)8/h1H,4H2,2H3. The zero-order valence-electron chi connectivity index (χ0n) is 4.50. The molecule has 0 bridgehead atoms. The summed E-state index contributed by atoms with van der Waals surface area (Å²) in [7, 11) is 1.32. The Bertz CT molecular complexity index is 126. The minimum atomic E-state index is -0.556. The van der Waals surface area contributed by atoms with E-state index in [1.165, 1.54) is 7.05 Å². The molecule has 0 aromatic heterocycles. The van der Waals surface area contributed by atoms with Crippen molar-refractivity contribution in [3.63, 3.8) is 0 Å². The smallest absolute Gasteiger partial charge is 0.160 e. The van der Waals surface area contributed by atoms with E-state index in [4.69, 9.17) is 6.42 Å². The lowest BCUT2D eigenvalue weighted by Gasteiger charge is -2.00. The molecular weight excluding hydrogens is 108 g/mol. The van der Waals surface area contributed by atoms with Crippen molar-refractivity contribution in [1.29, 1.82) is 0 Å². The molecule has 0 aromatic rings. The largest absolute Gasteiger partial charge is 0.235 e. The first-order valence-corrected chi connectivity index (χ1v) is 1.97. The van der Waals surface area contributed by atoms with Gasteiger partial charge >= 0.3 is 0 Å². The topological polar surface area (TPSA) is 46.4 Å². The number of hydrogen-bond donors (Lipinski definition) is 0. The van der Waals surface area contributed by atoms with Gasteiger partial charge in [0.2, 0.25) is 0 Å². The van der Waals surface area contributed by atoms with Gasteiger partial charge in [-0.1, -0.05) is 5.92 Å². The van der Waals surface area contributed by atoms with Gasteiger partial charge in [-0.2, -0.15) is 0 Å². The van der Waals surface area contributed by atoms with Gasteiger partial charge in [-0.15, -0.1) is 11.4 Å². The predicted molar refractivity (Wildman–Crippen MR) is 28.5 cm³/mol. The first kappa shape index (κ1) is 6.76. The lowest BCUT2D eigenvalue weighted by Crippen LogP contribution is -2.25. The zero-order valence-corrected chi connectivity index (χ0v) is 4.50. The van der Waals surface area contributed by atoms with Crippen molar-refractivity contribution in [2.24, 2.45) is 0 Å². The molecule has 0 N–H and O–H groups in total. The summed E-state index contributed by atoms with van der Waals surface area (Å²) in [5, 5.41) is 10.0. The molecule has 0 aliphatic heterocycles. The molecule has 0 aromatic carbocycles. The molecule has 0 aliphatic carbocycles. The minimum absolute atomic E-state index is 0.0486. The van der Waals surface area contributed by atoms with Gasteiger partial charge in [-0.25, -0.2) is 10.1 Å². The normalized spacial score (nSPS) is 7.50. The van der Waals surface area contributed by atoms with Gasteiger partial charge in [0.25, 0.3) is 0 Å². The Labute approximate surface area is 47.2 Å². The van der Waals surface area contributed by atoms with E-state index in [0.717, 1.165) is 5.01 Å². The van der Waals surface area contributed by atoms with Crippen molar-refractivity contribution < 1.29 is 5.03 Å². The summed E-state index contributed by atoms with van der Waals surface area (Å²) in [6, 6.07) is 0. The van der Waals surface area contributed by atoms with Crippen LogP contribution in [0.2, 0.25) is 0 Å². The third-order valence-electron chi connectivity index (χ3n) is 0.599. The first-order chi connectivity index (χ1) is 3.68. The van der Waals surface area contributed by atoms with E-state index in [2.05, 4.69) is 5.92 Å². The Morgan fingerprint density at radius 2 is 2.50 bits per heavy atom. The molecule has 0 unspecified atom stereocenters. The maximum atomic E-state index is 9.73. The summed E-state index contributed by atoms with van der Waals surface area (Å²) in [6.07, 6.45) is 4.77. The van der Waals surface area contributed by atoms with E-state index < -0.39 is 5.03 Å². The predicted octanol–water partition coefficient (Wildman–Crippen LogP) is -0.257. The van der Waals surface area contributed by atoms with Crippen LogP contribution in [0.15, 0.2) is 0 Å². The Kier molecular flexibility index (Phi) is 2.41. The van der Waals surface area contributed by atoms with Gasteiger partial charge in [-0.05, 0) is 0 Å². The van der Waals surface area contributed by atoms with Gasteiger partial charge < -0.3 is 0 Å². The molecule has 0 fully saturated rings. The zero-order chi connectivity index (χ0) is 6.57. The van der Waals surface area contributed by atoms with E-state index >= 15 is 0 Å². The number of hydrazine groups is 1. The van der Waals surface area contributed by atoms with Crippen LogP contribution < -0.4 is 0 Å². The summed E-state index contributed by atoms with van der Waals surface area (Å²) in [5.41, 5.74) is 0. The van der Waals surface area contributed by atoms with E-state index in [9.17, 15) is 10.1 Å². The molecule has 0 rings (SSSR count). The average molecular weight is 114 g/mol. The second-order valence-corrected chi connectivity index (χ2v) is 1.26. The van der Waals surface area contributed by atoms with Crippen LogP contribution in [0.3, 0.4) is 0 Å². The molecule has 0 saturated carbocycles. The third kappa shape index (κ3) is 2.03. The molecule has 0 amide bonds. The third-order valence-corrected chi connectivity index (χ3v) is 0.599. The summed E-state index contributed by atoms with van der Waals surface area (Å²) >= 11 is 0. The number of nitro groups is 1. The summed E-state index contributed by atoms with van der Waals surface area (Å²) < 4.78 is 0. The van der Waals surface area contributed by atoms with Crippen molar-refractivity contribution in [2.45, 2.75) is 0 Å². The molecule has 8 heavy (non-hydrogen) atoms. The second-order valence-electron chi connectivity index (χ2n) is 1.26. The van der Waals surface area contributed by atoms with Crippen LogP contribution in [-0.4, -0.2) is 23.6 Å². The summed E-state index contributed by atoms with van der Waals surface area (Å²) in [5.74, 6) is 2.13. The molecule has 0 heterocycles. The highest BCUT2D eigenvalue weighted by Crippen LogP contribution is 1.76. The molecule has 4 heteroatoms. The fourth-order valence-electron chi connectivity index (χ4n) is 0.190. The SMILES string of the molecule is C#CCN(C)[N+](=O)[O-]. The van der Waals surface area contributed by atoms with Crippen molar-refractivity contribution in [2.75, 3.05) is 13.6 Å². The monoisotopic (exact) mass is 114 g/mol. The molecule has 0 saturated heterocycles. The first-order valence-electron chi connectivity index (χ1n) is 1.97. The highest BCUT2D eigenvalue weighted by molar-refractivity contribution is 4.85. The van der Waals surface area contributed by atoms with Crippen molar-refractivity contribution in [3.8, 4) is 12.3 Å². The fourth-order valence-corrected chi connectivity index (χ4v) is 0.190. The van der Waals surface area contributed by atoms with Crippen LogP contribution in [-0.2, 0) is 0 Å².